The number of hydrogen-bond acceptors (Lipinski definition) is 8. The van der Waals surface area contributed by atoms with E-state index < -0.39 is 0 Å². The number of amides is 1. The van der Waals surface area contributed by atoms with E-state index in [1.54, 1.807) is 24.5 Å². The lowest BCUT2D eigenvalue weighted by atomic mass is 9.97. The van der Waals surface area contributed by atoms with Crippen LogP contribution in [0.4, 0.5) is 5.00 Å². The third-order valence-corrected chi connectivity index (χ3v) is 8.34. The summed E-state index contributed by atoms with van der Waals surface area (Å²) in [6.07, 6.45) is 7.90. The van der Waals surface area contributed by atoms with Gasteiger partial charge in [0.2, 0.25) is 5.91 Å². The number of hydrogen-bond donors (Lipinski definition) is 1. The number of nitriles is 1. The van der Waals surface area contributed by atoms with Crippen LogP contribution in [0.3, 0.4) is 0 Å². The van der Waals surface area contributed by atoms with Gasteiger partial charge in [-0.05, 0) is 62.4 Å². The van der Waals surface area contributed by atoms with Crippen molar-refractivity contribution in [1.82, 2.24) is 14.8 Å². The fraction of sp³-hybridized carbons (Fsp3) is 0.407. The molecule has 1 aromatic carbocycles. The van der Waals surface area contributed by atoms with Gasteiger partial charge in [-0.15, -0.1) is 28.1 Å². The van der Waals surface area contributed by atoms with Crippen LogP contribution >= 0.6 is 23.1 Å². The van der Waals surface area contributed by atoms with Gasteiger partial charge >= 0.3 is 0 Å². The van der Waals surface area contributed by atoms with E-state index in [2.05, 4.69) is 28.2 Å². The smallest absolute Gasteiger partial charge is 0.235 e. The van der Waals surface area contributed by atoms with E-state index in [1.807, 2.05) is 35.8 Å². The number of fused-ring (bicyclic) bond motifs is 1. The molecule has 1 N–H and O–H groups in total. The predicted octanol–water partition coefficient (Wildman–Crippen LogP) is 5.94. The van der Waals surface area contributed by atoms with Crippen LogP contribution in [-0.4, -0.2) is 33.5 Å². The molecule has 4 rings (SSSR count). The Bertz CT molecular complexity index is 1280. The Morgan fingerprint density at radius 2 is 1.97 bits per heavy atom. The molecule has 1 amide bonds. The van der Waals surface area contributed by atoms with Gasteiger partial charge in [0.05, 0.1) is 18.4 Å². The van der Waals surface area contributed by atoms with Crippen LogP contribution in [0.1, 0.15) is 60.5 Å². The summed E-state index contributed by atoms with van der Waals surface area (Å²) in [5.41, 5.74) is 1.75. The van der Waals surface area contributed by atoms with E-state index in [0.29, 0.717) is 33.8 Å². The van der Waals surface area contributed by atoms with Gasteiger partial charge in [0, 0.05) is 11.4 Å². The number of ether oxygens (including phenoxy) is 2. The molecule has 3 aromatic rings. The Morgan fingerprint density at radius 1 is 1.24 bits per heavy atom. The van der Waals surface area contributed by atoms with Gasteiger partial charge in [-0.3, -0.25) is 9.36 Å². The Balaban J connectivity index is 1.42. The van der Waals surface area contributed by atoms with Crippen molar-refractivity contribution >= 4 is 34.0 Å². The molecular weight excluding hydrogens is 506 g/mol. The van der Waals surface area contributed by atoms with Crippen LogP contribution in [0, 0.1) is 11.3 Å². The zero-order valence-electron chi connectivity index (χ0n) is 21.2. The summed E-state index contributed by atoms with van der Waals surface area (Å²) in [7, 11) is 1.62. The number of carbonyl (C=O) groups is 1. The van der Waals surface area contributed by atoms with E-state index >= 15 is 0 Å². The molecule has 2 heterocycles. The average molecular weight is 538 g/mol. The minimum atomic E-state index is -0.368. The van der Waals surface area contributed by atoms with E-state index in [4.69, 9.17) is 9.47 Å². The third-order valence-electron chi connectivity index (χ3n) is 6.16. The number of nitrogens with zero attached hydrogens (tertiary/aromatic N) is 4. The van der Waals surface area contributed by atoms with Gasteiger partial charge in [0.1, 0.15) is 22.6 Å². The van der Waals surface area contributed by atoms with Crippen LogP contribution < -0.4 is 14.8 Å². The number of aryl methyl sites for hydroxylation is 1. The normalized spacial score (nSPS) is 14.0. The second-order valence-corrected chi connectivity index (χ2v) is 10.8. The van der Waals surface area contributed by atoms with E-state index in [1.165, 1.54) is 29.5 Å². The molecule has 0 saturated carbocycles. The maximum Gasteiger partial charge on any atom is 0.235 e. The van der Waals surface area contributed by atoms with Gasteiger partial charge in [-0.1, -0.05) is 30.7 Å². The molecule has 1 atom stereocenters. The summed E-state index contributed by atoms with van der Waals surface area (Å²) in [4.78, 5) is 14.1. The minimum absolute atomic E-state index is 0.149. The molecule has 1 aliphatic carbocycles. The fourth-order valence-electron chi connectivity index (χ4n) is 4.34. The van der Waals surface area contributed by atoms with Crippen LogP contribution in [0.2, 0.25) is 0 Å². The highest BCUT2D eigenvalue weighted by atomic mass is 32.2. The molecule has 194 valence electrons. The molecule has 0 spiro atoms. The summed E-state index contributed by atoms with van der Waals surface area (Å²) in [6.45, 7) is 6.24. The molecule has 8 nitrogen and oxygen atoms in total. The number of aromatic nitrogens is 3. The molecule has 0 aliphatic heterocycles. The zero-order valence-corrected chi connectivity index (χ0v) is 22.8. The van der Waals surface area contributed by atoms with Gasteiger partial charge in [0.15, 0.2) is 17.1 Å². The predicted molar refractivity (Wildman–Crippen MR) is 147 cm³/mol. The lowest BCUT2D eigenvalue weighted by molar-refractivity contribution is -0.113. The highest BCUT2D eigenvalue weighted by molar-refractivity contribution is 7.99. The number of thiophene rings is 1. The van der Waals surface area contributed by atoms with Gasteiger partial charge in [0.25, 0.3) is 0 Å². The summed E-state index contributed by atoms with van der Waals surface area (Å²) in [5.74, 6) is 2.06. The second kappa shape index (κ2) is 12.8. The van der Waals surface area contributed by atoms with Gasteiger partial charge < -0.3 is 14.8 Å². The Hall–Kier alpha value is -3.29. The molecular formula is C27H31N5O3S2. The number of benzene rings is 1. The topological polar surface area (TPSA) is 102 Å². The van der Waals surface area contributed by atoms with E-state index in [-0.39, 0.29) is 17.8 Å². The zero-order chi connectivity index (χ0) is 26.2. The quantitative estimate of drug-likeness (QED) is 0.252. The SMILES string of the molecule is C=CCn1c(SCC(=O)Nc2sc3c(c2C#N)CCCCCC3)nnc1C(C)Oc1ccc(OC)cc1. The molecule has 37 heavy (non-hydrogen) atoms. The number of rotatable bonds is 10. The van der Waals surface area contributed by atoms with Crippen LogP contribution in [0.5, 0.6) is 11.5 Å². The molecule has 0 bridgehead atoms. The summed E-state index contributed by atoms with van der Waals surface area (Å²) < 4.78 is 13.2. The average Bonchev–Trinajstić information content (AvgIpc) is 3.43. The molecule has 0 fully saturated rings. The first-order valence-corrected chi connectivity index (χ1v) is 14.2. The first-order chi connectivity index (χ1) is 18.0. The van der Waals surface area contributed by atoms with Crippen molar-refractivity contribution in [3.05, 3.63) is 58.7 Å². The summed E-state index contributed by atoms with van der Waals surface area (Å²) in [5, 5.41) is 22.7. The molecule has 0 saturated heterocycles. The summed E-state index contributed by atoms with van der Waals surface area (Å²) in [6, 6.07) is 9.68. The highest BCUT2D eigenvalue weighted by Crippen LogP contribution is 2.36. The van der Waals surface area contributed by atoms with E-state index in [9.17, 15) is 10.1 Å². The number of thioether (sulfide) groups is 1. The van der Waals surface area contributed by atoms with Crippen molar-refractivity contribution in [2.24, 2.45) is 0 Å². The first-order valence-electron chi connectivity index (χ1n) is 12.4. The number of nitrogens with one attached hydrogen (secondary N) is 1. The lowest BCUT2D eigenvalue weighted by Crippen LogP contribution is -2.15. The van der Waals surface area contributed by atoms with Crippen LogP contribution in [-0.2, 0) is 24.2 Å². The van der Waals surface area contributed by atoms with Crippen LogP contribution in [0.15, 0.2) is 42.1 Å². The number of allylic oxidation sites excluding steroid dienone is 1. The maximum atomic E-state index is 12.9. The Morgan fingerprint density at radius 3 is 2.68 bits per heavy atom. The monoisotopic (exact) mass is 537 g/mol. The summed E-state index contributed by atoms with van der Waals surface area (Å²) >= 11 is 2.84. The highest BCUT2D eigenvalue weighted by Gasteiger charge is 2.22. The molecule has 1 aliphatic rings. The maximum absolute atomic E-state index is 12.9. The van der Waals surface area contributed by atoms with Crippen molar-refractivity contribution in [1.29, 1.82) is 5.26 Å². The Labute approximate surface area is 225 Å². The lowest BCUT2D eigenvalue weighted by Gasteiger charge is -2.16. The van der Waals surface area contributed by atoms with Crippen molar-refractivity contribution < 1.29 is 14.3 Å². The molecule has 0 radical (unpaired) electrons. The standard InChI is InChI=1S/C27H31N5O3S2/c1-4-15-32-25(18(2)35-20-13-11-19(34-3)12-14-20)30-31-27(32)36-17-24(33)29-26-22(16-28)21-9-7-5-6-8-10-23(21)37-26/h4,11-14,18H,1,5-10,15,17H2,2-3H3,(H,29,33). The molecule has 1 unspecified atom stereocenters. The fourth-order valence-corrected chi connectivity index (χ4v) is 6.35. The van der Waals surface area contributed by atoms with Crippen molar-refractivity contribution in [2.45, 2.75) is 63.3 Å². The van der Waals surface area contributed by atoms with Gasteiger partial charge in [-0.2, -0.15) is 5.26 Å². The molecule has 2 aromatic heterocycles. The first kappa shape index (κ1) is 26.8. The number of methoxy groups -OCH3 is 1. The third kappa shape index (κ3) is 6.53. The van der Waals surface area contributed by atoms with Crippen molar-refractivity contribution in [3.8, 4) is 17.6 Å². The number of carbonyl (C=O) groups excluding carboxylic acids is 1. The van der Waals surface area contributed by atoms with Crippen LogP contribution in [0.25, 0.3) is 0 Å². The largest absolute Gasteiger partial charge is 0.497 e. The minimum Gasteiger partial charge on any atom is -0.497 e. The molecule has 10 heteroatoms. The van der Waals surface area contributed by atoms with Crippen molar-refractivity contribution in [2.75, 3.05) is 18.2 Å². The van der Waals surface area contributed by atoms with Gasteiger partial charge in [-0.25, -0.2) is 0 Å². The number of anilines is 1. The van der Waals surface area contributed by atoms with Crippen molar-refractivity contribution in [3.63, 3.8) is 0 Å². The Kier molecular flexibility index (Phi) is 9.25. The van der Waals surface area contributed by atoms with E-state index in [0.717, 1.165) is 37.0 Å². The second-order valence-electron chi connectivity index (χ2n) is 8.75.